The predicted molar refractivity (Wildman–Crippen MR) is 73.1 cm³/mol. The van der Waals surface area contributed by atoms with Crippen molar-refractivity contribution in [2.75, 3.05) is 28.3 Å². The molecule has 0 heterocycles. The molecule has 1 atom stereocenters. The Kier molecular flexibility index (Phi) is 5.59. The van der Waals surface area contributed by atoms with E-state index in [0.717, 1.165) is 5.56 Å². The van der Waals surface area contributed by atoms with Crippen LogP contribution < -0.4 is 20.6 Å². The first-order valence-electron chi connectivity index (χ1n) is 5.92. The fourth-order valence-corrected chi connectivity index (χ4v) is 1.66. The zero-order valence-corrected chi connectivity index (χ0v) is 11.8. The first-order chi connectivity index (χ1) is 8.97. The number of ether oxygens (including phenoxy) is 2. The van der Waals surface area contributed by atoms with Crippen LogP contribution in [0.4, 0.5) is 0 Å². The van der Waals surface area contributed by atoms with Gasteiger partial charge in [-0.1, -0.05) is 6.07 Å². The molecule has 6 heteroatoms. The standard InChI is InChI=1S/C13H21N3O3/c1-16(2)15-13(17)10(14)7-9-5-6-11(18-3)12(8-9)19-4/h5-6,8,10H,7,14H2,1-4H3,(H,15,17). The lowest BCUT2D eigenvalue weighted by Gasteiger charge is -2.17. The summed E-state index contributed by atoms with van der Waals surface area (Å²) in [5, 5.41) is 1.57. The largest absolute Gasteiger partial charge is 0.493 e. The van der Waals surface area contributed by atoms with Gasteiger partial charge in [-0.05, 0) is 24.1 Å². The van der Waals surface area contributed by atoms with E-state index in [1.807, 2.05) is 12.1 Å². The first kappa shape index (κ1) is 15.3. The third kappa shape index (κ3) is 4.42. The van der Waals surface area contributed by atoms with Gasteiger partial charge in [0.2, 0.25) is 0 Å². The highest BCUT2D eigenvalue weighted by molar-refractivity contribution is 5.81. The molecule has 106 valence electrons. The van der Waals surface area contributed by atoms with Crippen molar-refractivity contribution in [2.24, 2.45) is 5.73 Å². The van der Waals surface area contributed by atoms with Crippen LogP contribution in [0.15, 0.2) is 18.2 Å². The van der Waals surface area contributed by atoms with Gasteiger partial charge in [0, 0.05) is 14.1 Å². The van der Waals surface area contributed by atoms with Gasteiger partial charge >= 0.3 is 0 Å². The zero-order valence-electron chi connectivity index (χ0n) is 11.8. The molecule has 0 aromatic heterocycles. The second-order valence-corrected chi connectivity index (χ2v) is 4.37. The van der Waals surface area contributed by atoms with Gasteiger partial charge in [0.05, 0.1) is 20.3 Å². The summed E-state index contributed by atoms with van der Waals surface area (Å²) in [6.07, 6.45) is 0.431. The number of carbonyl (C=O) groups excluding carboxylic acids is 1. The molecule has 1 amide bonds. The van der Waals surface area contributed by atoms with Crippen molar-refractivity contribution >= 4 is 5.91 Å². The number of amides is 1. The van der Waals surface area contributed by atoms with Crippen molar-refractivity contribution in [2.45, 2.75) is 12.5 Å². The van der Waals surface area contributed by atoms with Crippen molar-refractivity contribution in [1.82, 2.24) is 10.4 Å². The number of carbonyl (C=O) groups is 1. The molecular weight excluding hydrogens is 246 g/mol. The van der Waals surface area contributed by atoms with E-state index in [2.05, 4.69) is 5.43 Å². The predicted octanol–water partition coefficient (Wildman–Crippen LogP) is 0.166. The number of hydrogen-bond donors (Lipinski definition) is 2. The van der Waals surface area contributed by atoms with Gasteiger partial charge in [0.25, 0.3) is 5.91 Å². The summed E-state index contributed by atoms with van der Waals surface area (Å²) < 4.78 is 10.4. The smallest absolute Gasteiger partial charge is 0.251 e. The molecule has 0 bridgehead atoms. The third-order valence-electron chi connectivity index (χ3n) is 2.57. The quantitative estimate of drug-likeness (QED) is 0.718. The van der Waals surface area contributed by atoms with Crippen molar-refractivity contribution in [1.29, 1.82) is 0 Å². The van der Waals surface area contributed by atoms with Crippen LogP contribution in [0.2, 0.25) is 0 Å². The Labute approximate surface area is 113 Å². The van der Waals surface area contributed by atoms with Crippen molar-refractivity contribution in [3.05, 3.63) is 23.8 Å². The fourth-order valence-electron chi connectivity index (χ4n) is 1.66. The molecule has 3 N–H and O–H groups in total. The molecule has 0 aliphatic rings. The molecule has 0 radical (unpaired) electrons. The van der Waals surface area contributed by atoms with Gasteiger partial charge in [-0.3, -0.25) is 10.2 Å². The van der Waals surface area contributed by atoms with Crippen molar-refractivity contribution in [3.8, 4) is 11.5 Å². The van der Waals surface area contributed by atoms with E-state index >= 15 is 0 Å². The zero-order chi connectivity index (χ0) is 14.4. The number of nitrogens with two attached hydrogens (primary N) is 1. The molecule has 0 aliphatic heterocycles. The summed E-state index contributed by atoms with van der Waals surface area (Å²) >= 11 is 0. The first-order valence-corrected chi connectivity index (χ1v) is 5.92. The lowest BCUT2D eigenvalue weighted by Crippen LogP contribution is -2.47. The van der Waals surface area contributed by atoms with Crippen LogP contribution in [-0.4, -0.2) is 45.3 Å². The number of methoxy groups -OCH3 is 2. The molecule has 1 unspecified atom stereocenters. The maximum absolute atomic E-state index is 11.7. The summed E-state index contributed by atoms with van der Waals surface area (Å²) in [5.41, 5.74) is 9.39. The van der Waals surface area contributed by atoms with E-state index in [1.165, 1.54) is 0 Å². The number of benzene rings is 1. The van der Waals surface area contributed by atoms with Gasteiger partial charge in [-0.25, -0.2) is 5.01 Å². The molecule has 1 aromatic rings. The summed E-state index contributed by atoms with van der Waals surface area (Å²) in [6.45, 7) is 0. The number of hydrazine groups is 1. The Balaban J connectivity index is 2.74. The SMILES string of the molecule is COc1ccc(CC(N)C(=O)NN(C)C)cc1OC. The Morgan fingerprint density at radius 2 is 1.95 bits per heavy atom. The highest BCUT2D eigenvalue weighted by Gasteiger charge is 2.15. The molecule has 0 fully saturated rings. The van der Waals surface area contributed by atoms with Crippen LogP contribution in [0.3, 0.4) is 0 Å². The summed E-state index contributed by atoms with van der Waals surface area (Å²) in [4.78, 5) is 11.7. The molecule has 1 rings (SSSR count). The average molecular weight is 267 g/mol. The highest BCUT2D eigenvalue weighted by Crippen LogP contribution is 2.27. The topological polar surface area (TPSA) is 76.8 Å². The Hall–Kier alpha value is -1.79. The minimum Gasteiger partial charge on any atom is -0.493 e. The van der Waals surface area contributed by atoms with Crippen LogP contribution in [0.25, 0.3) is 0 Å². The molecule has 19 heavy (non-hydrogen) atoms. The number of hydrogen-bond acceptors (Lipinski definition) is 5. The number of nitrogens with one attached hydrogen (secondary N) is 1. The van der Waals surface area contributed by atoms with Crippen LogP contribution in [0, 0.1) is 0 Å². The molecular formula is C13H21N3O3. The van der Waals surface area contributed by atoms with Crippen LogP contribution in [-0.2, 0) is 11.2 Å². The van der Waals surface area contributed by atoms with E-state index in [4.69, 9.17) is 15.2 Å². The summed E-state index contributed by atoms with van der Waals surface area (Å²) in [5.74, 6) is 1.05. The maximum Gasteiger partial charge on any atom is 0.251 e. The maximum atomic E-state index is 11.7. The van der Waals surface area contributed by atoms with E-state index in [0.29, 0.717) is 17.9 Å². The van der Waals surface area contributed by atoms with Gasteiger partial charge in [-0.15, -0.1) is 0 Å². The number of rotatable bonds is 6. The Bertz CT molecular complexity index is 435. The lowest BCUT2D eigenvalue weighted by molar-refractivity contribution is -0.126. The number of nitrogens with zero attached hydrogens (tertiary/aromatic N) is 1. The van der Waals surface area contributed by atoms with E-state index in [-0.39, 0.29) is 5.91 Å². The van der Waals surface area contributed by atoms with E-state index in [9.17, 15) is 4.79 Å². The molecule has 0 saturated carbocycles. The van der Waals surface area contributed by atoms with E-state index in [1.54, 1.807) is 39.4 Å². The van der Waals surface area contributed by atoms with Gasteiger partial charge < -0.3 is 15.2 Å². The Morgan fingerprint density at radius 3 is 2.47 bits per heavy atom. The van der Waals surface area contributed by atoms with Gasteiger partial charge in [-0.2, -0.15) is 0 Å². The van der Waals surface area contributed by atoms with Crippen LogP contribution in [0.1, 0.15) is 5.56 Å². The van der Waals surface area contributed by atoms with Gasteiger partial charge in [0.15, 0.2) is 11.5 Å². The van der Waals surface area contributed by atoms with Crippen molar-refractivity contribution in [3.63, 3.8) is 0 Å². The second kappa shape index (κ2) is 6.96. The van der Waals surface area contributed by atoms with Gasteiger partial charge in [0.1, 0.15) is 0 Å². The molecule has 1 aromatic carbocycles. The van der Waals surface area contributed by atoms with Crippen LogP contribution >= 0.6 is 0 Å². The minimum atomic E-state index is -0.611. The third-order valence-corrected chi connectivity index (χ3v) is 2.57. The summed E-state index contributed by atoms with van der Waals surface area (Å²) in [6, 6.07) is 4.87. The fraction of sp³-hybridized carbons (Fsp3) is 0.462. The Morgan fingerprint density at radius 1 is 1.32 bits per heavy atom. The molecule has 0 saturated heterocycles. The summed E-state index contributed by atoms with van der Waals surface area (Å²) in [7, 11) is 6.62. The highest BCUT2D eigenvalue weighted by atomic mass is 16.5. The minimum absolute atomic E-state index is 0.222. The molecule has 0 aliphatic carbocycles. The normalized spacial score (nSPS) is 12.1. The van der Waals surface area contributed by atoms with Crippen molar-refractivity contribution < 1.29 is 14.3 Å². The molecule has 6 nitrogen and oxygen atoms in total. The molecule has 0 spiro atoms. The average Bonchev–Trinajstić information content (AvgIpc) is 2.37. The van der Waals surface area contributed by atoms with Crippen LogP contribution in [0.5, 0.6) is 11.5 Å². The lowest BCUT2D eigenvalue weighted by atomic mass is 10.1. The second-order valence-electron chi connectivity index (χ2n) is 4.37. The monoisotopic (exact) mass is 267 g/mol. The van der Waals surface area contributed by atoms with E-state index < -0.39 is 6.04 Å².